The van der Waals surface area contributed by atoms with Crippen molar-refractivity contribution in [2.75, 3.05) is 0 Å². The van der Waals surface area contributed by atoms with Gasteiger partial charge in [0.05, 0.1) is 5.69 Å². The van der Waals surface area contributed by atoms with Gasteiger partial charge in [0.15, 0.2) is 0 Å². The first kappa shape index (κ1) is 20.2. The van der Waals surface area contributed by atoms with E-state index < -0.39 is 0 Å². The van der Waals surface area contributed by atoms with E-state index in [9.17, 15) is 0 Å². The van der Waals surface area contributed by atoms with Crippen molar-refractivity contribution in [1.82, 2.24) is 4.98 Å². The van der Waals surface area contributed by atoms with Crippen LogP contribution < -0.4 is 0 Å². The predicted molar refractivity (Wildman–Crippen MR) is 148 cm³/mol. The van der Waals surface area contributed by atoms with Crippen LogP contribution in [0.15, 0.2) is 115 Å². The van der Waals surface area contributed by atoms with Crippen LogP contribution in [0.3, 0.4) is 0 Å². The Labute approximate surface area is 205 Å². The van der Waals surface area contributed by atoms with Gasteiger partial charge in [-0.25, -0.2) is 0 Å². The zero-order valence-corrected chi connectivity index (χ0v) is 19.9. The maximum Gasteiger partial charge on any atom is 0.0705 e. The molecule has 0 bridgehead atoms. The lowest BCUT2D eigenvalue weighted by atomic mass is 9.76. The fourth-order valence-electron chi connectivity index (χ4n) is 6.26. The van der Waals surface area contributed by atoms with Gasteiger partial charge in [0, 0.05) is 17.2 Å². The topological polar surface area (TPSA) is 12.9 Å². The normalized spacial score (nSPS) is 13.7. The quantitative estimate of drug-likeness (QED) is 0.241. The van der Waals surface area contributed by atoms with Crippen LogP contribution in [0.5, 0.6) is 0 Å². The summed E-state index contributed by atoms with van der Waals surface area (Å²) in [4.78, 5) is 4.71. The summed E-state index contributed by atoms with van der Waals surface area (Å²) in [5, 5.41) is 5.19. The van der Waals surface area contributed by atoms with Crippen molar-refractivity contribution in [3.05, 3.63) is 127 Å². The largest absolute Gasteiger partial charge is 0.256 e. The zero-order valence-electron chi connectivity index (χ0n) is 19.9. The second-order valence-corrected chi connectivity index (χ2v) is 9.99. The maximum atomic E-state index is 4.71. The highest BCUT2D eigenvalue weighted by Gasteiger charge is 2.39. The van der Waals surface area contributed by atoms with E-state index >= 15 is 0 Å². The molecule has 0 radical (unpaired) electrons. The van der Waals surface area contributed by atoms with Crippen LogP contribution in [0.2, 0.25) is 0 Å². The first-order valence-corrected chi connectivity index (χ1v) is 12.2. The highest BCUT2D eigenvalue weighted by Crippen LogP contribution is 2.55. The van der Waals surface area contributed by atoms with Gasteiger partial charge in [0.2, 0.25) is 0 Å². The van der Waals surface area contributed by atoms with Crippen LogP contribution in [-0.2, 0) is 5.41 Å². The molecule has 1 nitrogen and oxygen atoms in total. The molecule has 0 N–H and O–H groups in total. The molecule has 1 aliphatic rings. The van der Waals surface area contributed by atoms with Crippen LogP contribution in [0, 0.1) is 0 Å². The minimum absolute atomic E-state index is 0.165. The molecule has 0 saturated carbocycles. The molecule has 0 spiro atoms. The van der Waals surface area contributed by atoms with E-state index in [1.165, 1.54) is 60.5 Å². The van der Waals surface area contributed by atoms with Crippen molar-refractivity contribution in [3.8, 4) is 33.5 Å². The number of fused-ring (bicyclic) bond motifs is 6. The molecule has 7 rings (SSSR count). The van der Waals surface area contributed by atoms with E-state index in [-0.39, 0.29) is 5.41 Å². The number of pyridine rings is 1. The number of hydrogen-bond donors (Lipinski definition) is 0. The maximum absolute atomic E-state index is 4.71. The Balaban J connectivity index is 1.55. The smallest absolute Gasteiger partial charge is 0.0705 e. The lowest BCUT2D eigenvalue weighted by Gasteiger charge is -2.27. The second-order valence-electron chi connectivity index (χ2n) is 9.99. The second kappa shape index (κ2) is 7.38. The number of rotatable bonds is 2. The van der Waals surface area contributed by atoms with Crippen molar-refractivity contribution in [2.45, 2.75) is 19.3 Å². The molecule has 1 aromatic heterocycles. The van der Waals surface area contributed by atoms with Gasteiger partial charge in [-0.05, 0) is 73.1 Å². The van der Waals surface area contributed by atoms with Crippen LogP contribution in [-0.4, -0.2) is 4.98 Å². The summed E-state index contributed by atoms with van der Waals surface area (Å²) in [6.45, 7) is 4.74. The third kappa shape index (κ3) is 2.85. The summed E-state index contributed by atoms with van der Waals surface area (Å²) in [5.74, 6) is 0. The van der Waals surface area contributed by atoms with Gasteiger partial charge in [0.25, 0.3) is 0 Å². The van der Waals surface area contributed by atoms with Crippen LogP contribution in [0.4, 0.5) is 0 Å². The summed E-state index contributed by atoms with van der Waals surface area (Å²) in [6.07, 6.45) is 1.89. The third-order valence-corrected chi connectivity index (χ3v) is 7.67. The van der Waals surface area contributed by atoms with E-state index in [1.54, 1.807) is 0 Å². The van der Waals surface area contributed by atoms with Gasteiger partial charge < -0.3 is 0 Å². The molecular formula is C34H25N. The van der Waals surface area contributed by atoms with Crippen molar-refractivity contribution in [2.24, 2.45) is 0 Å². The number of benzene rings is 5. The Morgan fingerprint density at radius 2 is 1.06 bits per heavy atom. The van der Waals surface area contributed by atoms with Crippen molar-refractivity contribution in [1.29, 1.82) is 0 Å². The molecule has 1 heteroatoms. The molecule has 1 aliphatic carbocycles. The molecule has 0 fully saturated rings. The average molecular weight is 448 g/mol. The van der Waals surface area contributed by atoms with Gasteiger partial charge in [-0.2, -0.15) is 0 Å². The summed E-state index contributed by atoms with van der Waals surface area (Å²) in [5.41, 5.74) is 10.1. The molecule has 0 unspecified atom stereocenters. The molecule has 0 atom stereocenters. The van der Waals surface area contributed by atoms with E-state index in [1.807, 2.05) is 12.3 Å². The average Bonchev–Trinajstić information content (AvgIpc) is 3.16. The van der Waals surface area contributed by atoms with E-state index in [0.717, 1.165) is 5.69 Å². The fourth-order valence-corrected chi connectivity index (χ4v) is 6.26. The summed E-state index contributed by atoms with van der Waals surface area (Å²) in [6, 6.07) is 39.6. The van der Waals surface area contributed by atoms with Crippen LogP contribution in [0.1, 0.15) is 25.0 Å². The zero-order chi connectivity index (χ0) is 23.6. The molecule has 0 amide bonds. The fraction of sp³-hybridized carbons (Fsp3) is 0.0882. The van der Waals surface area contributed by atoms with Gasteiger partial charge in [-0.1, -0.05) is 105 Å². The molecule has 166 valence electrons. The Morgan fingerprint density at radius 1 is 0.486 bits per heavy atom. The Morgan fingerprint density at radius 3 is 1.77 bits per heavy atom. The highest BCUT2D eigenvalue weighted by molar-refractivity contribution is 6.14. The summed E-state index contributed by atoms with van der Waals surface area (Å²) in [7, 11) is 0. The number of hydrogen-bond acceptors (Lipinski definition) is 1. The Bertz CT molecular complexity index is 1760. The predicted octanol–water partition coefficient (Wildman–Crippen LogP) is 9.03. The van der Waals surface area contributed by atoms with Gasteiger partial charge in [-0.3, -0.25) is 4.98 Å². The molecule has 1 heterocycles. The Hall–Kier alpha value is -4.23. The molecule has 35 heavy (non-hydrogen) atoms. The molecule has 0 saturated heterocycles. The third-order valence-electron chi connectivity index (χ3n) is 7.67. The van der Waals surface area contributed by atoms with Gasteiger partial charge in [0.1, 0.15) is 0 Å². The van der Waals surface area contributed by atoms with E-state index in [2.05, 4.69) is 117 Å². The molecule has 6 aromatic rings. The van der Waals surface area contributed by atoms with E-state index in [0.29, 0.717) is 0 Å². The standard InChI is InChI=1S/C34H25N/c1-34(2)32-26(27-16-10-18-29(33(27)34)31-19-7-8-20-35-31)15-9-17-28(32)30-21-22-11-3-4-12-23(22)24-13-5-6-14-25(24)30/h3-21H,1-2H3. The summed E-state index contributed by atoms with van der Waals surface area (Å²) < 4.78 is 0. The van der Waals surface area contributed by atoms with Crippen LogP contribution >= 0.6 is 0 Å². The monoisotopic (exact) mass is 447 g/mol. The van der Waals surface area contributed by atoms with Crippen LogP contribution in [0.25, 0.3) is 55.1 Å². The lowest BCUT2D eigenvalue weighted by molar-refractivity contribution is 0.663. The SMILES string of the molecule is CC1(C)c2c(-c3ccccn3)cccc2-c2cccc(-c3cc4ccccc4c4ccccc34)c21. The first-order chi connectivity index (χ1) is 17.1. The first-order valence-electron chi connectivity index (χ1n) is 12.2. The van der Waals surface area contributed by atoms with Crippen molar-refractivity contribution < 1.29 is 0 Å². The molecule has 0 aliphatic heterocycles. The van der Waals surface area contributed by atoms with E-state index in [4.69, 9.17) is 4.98 Å². The minimum atomic E-state index is -0.165. The Kier molecular flexibility index (Phi) is 4.25. The van der Waals surface area contributed by atoms with Crippen molar-refractivity contribution in [3.63, 3.8) is 0 Å². The van der Waals surface area contributed by atoms with Gasteiger partial charge >= 0.3 is 0 Å². The molecular weight excluding hydrogens is 422 g/mol. The number of aromatic nitrogens is 1. The lowest BCUT2D eigenvalue weighted by Crippen LogP contribution is -2.17. The highest BCUT2D eigenvalue weighted by atomic mass is 14.7. The molecule has 5 aromatic carbocycles. The summed E-state index contributed by atoms with van der Waals surface area (Å²) >= 11 is 0. The van der Waals surface area contributed by atoms with Crippen molar-refractivity contribution >= 4 is 21.5 Å². The van der Waals surface area contributed by atoms with Gasteiger partial charge in [-0.15, -0.1) is 0 Å². The minimum Gasteiger partial charge on any atom is -0.256 e. The number of nitrogens with zero attached hydrogens (tertiary/aromatic N) is 1.